The number of fused-ring (bicyclic) bond motifs is 1. The minimum atomic E-state index is 0.130. The Labute approximate surface area is 128 Å². The topological polar surface area (TPSA) is 59.8 Å². The van der Waals surface area contributed by atoms with E-state index >= 15 is 0 Å². The number of ether oxygens (including phenoxy) is 1. The van der Waals surface area contributed by atoms with Gasteiger partial charge in [0.25, 0.3) is 0 Å². The highest BCUT2D eigenvalue weighted by Crippen LogP contribution is 2.16. The second kappa shape index (κ2) is 5.39. The summed E-state index contributed by atoms with van der Waals surface area (Å²) in [6, 6.07) is 20.2. The van der Waals surface area contributed by atoms with Crippen molar-refractivity contribution < 1.29 is 4.74 Å². The first-order chi connectivity index (χ1) is 10.9. The summed E-state index contributed by atoms with van der Waals surface area (Å²) in [4.78, 5) is 0. The van der Waals surface area contributed by atoms with E-state index in [1.165, 1.54) is 0 Å². The number of hydrogen-bond donors (Lipinski definition) is 2. The number of nitrogens with one attached hydrogen (secondary N) is 2. The van der Waals surface area contributed by atoms with E-state index in [1.54, 1.807) is 0 Å². The van der Waals surface area contributed by atoms with E-state index in [1.807, 2.05) is 48.5 Å². The second-order valence-electron chi connectivity index (χ2n) is 5.13. The molecular formula is C17H15N4O+. The van der Waals surface area contributed by atoms with Crippen LogP contribution in [0.4, 0.5) is 0 Å². The smallest absolute Gasteiger partial charge is 0.392 e. The molecule has 1 atom stereocenters. The molecule has 22 heavy (non-hydrogen) atoms. The first kappa shape index (κ1) is 12.7. The summed E-state index contributed by atoms with van der Waals surface area (Å²) in [7, 11) is 0. The molecule has 2 N–H and O–H groups in total. The van der Waals surface area contributed by atoms with E-state index in [2.05, 4.69) is 32.6 Å². The standard InChI is InChI=1S/C17H14N4O/c1-3-7-12(8-4-1)15-14-11-18-17(19-16(14)21-20-15)22-13-9-5-2-6-10-13/h1-10,14H,11H2,(H,18,19,21)/p+1. The van der Waals surface area contributed by atoms with E-state index in [4.69, 9.17) is 4.74 Å². The third-order valence-corrected chi connectivity index (χ3v) is 3.66. The van der Waals surface area contributed by atoms with Crippen LogP contribution in [-0.2, 0) is 0 Å². The highest BCUT2D eigenvalue weighted by Gasteiger charge is 2.38. The van der Waals surface area contributed by atoms with E-state index < -0.39 is 0 Å². The predicted octanol–water partition coefficient (Wildman–Crippen LogP) is 1.11. The Morgan fingerprint density at radius 2 is 1.73 bits per heavy atom. The van der Waals surface area contributed by atoms with Crippen molar-refractivity contribution >= 4 is 17.6 Å². The summed E-state index contributed by atoms with van der Waals surface area (Å²) in [6.07, 6.45) is 0. The molecule has 0 fully saturated rings. The SMILES string of the molecule is c1ccc(OC2=[N+]=C3NN=C(c4ccccc4)C3CN2)cc1. The molecule has 2 aliphatic rings. The van der Waals surface area contributed by atoms with Gasteiger partial charge < -0.3 is 4.74 Å². The van der Waals surface area contributed by atoms with Crippen LogP contribution < -0.4 is 20.1 Å². The van der Waals surface area contributed by atoms with E-state index in [9.17, 15) is 0 Å². The Morgan fingerprint density at radius 1 is 1.00 bits per heavy atom. The lowest BCUT2D eigenvalue weighted by Gasteiger charge is -2.12. The monoisotopic (exact) mass is 291 g/mol. The van der Waals surface area contributed by atoms with Gasteiger partial charge >= 0.3 is 11.9 Å². The van der Waals surface area contributed by atoms with Crippen LogP contribution in [0.2, 0.25) is 0 Å². The molecule has 1 unspecified atom stereocenters. The first-order valence-corrected chi connectivity index (χ1v) is 7.21. The molecule has 0 aromatic heterocycles. The van der Waals surface area contributed by atoms with E-state index in [0.29, 0.717) is 12.6 Å². The molecule has 0 amide bonds. The maximum Gasteiger partial charge on any atom is 0.489 e. The third-order valence-electron chi connectivity index (χ3n) is 3.66. The number of para-hydroxylation sites is 1. The fourth-order valence-corrected chi connectivity index (χ4v) is 2.57. The van der Waals surface area contributed by atoms with Crippen molar-refractivity contribution in [3.63, 3.8) is 0 Å². The minimum absolute atomic E-state index is 0.130. The molecule has 0 radical (unpaired) electrons. The molecule has 0 saturated carbocycles. The molecule has 2 aromatic rings. The first-order valence-electron chi connectivity index (χ1n) is 7.21. The van der Waals surface area contributed by atoms with Crippen LogP contribution in [-0.4, -0.2) is 24.1 Å². The molecule has 108 valence electrons. The number of nitrogens with zero attached hydrogens (tertiary/aromatic N) is 2. The van der Waals surface area contributed by atoms with Gasteiger partial charge in [0.15, 0.2) is 0 Å². The minimum Gasteiger partial charge on any atom is -0.392 e. The Balaban J connectivity index is 1.60. The van der Waals surface area contributed by atoms with Gasteiger partial charge in [-0.25, -0.2) is 0 Å². The molecule has 2 heterocycles. The summed E-state index contributed by atoms with van der Waals surface area (Å²) >= 11 is 0. The fraction of sp³-hybridized carbons (Fsp3) is 0.118. The molecule has 0 aliphatic carbocycles. The molecule has 5 heteroatoms. The molecule has 2 aliphatic heterocycles. The van der Waals surface area contributed by atoms with Crippen LogP contribution in [0.5, 0.6) is 5.75 Å². The molecule has 0 bridgehead atoms. The molecule has 0 saturated heterocycles. The summed E-state index contributed by atoms with van der Waals surface area (Å²) in [5.41, 5.74) is 5.14. The normalized spacial score (nSPS) is 19.1. The van der Waals surface area contributed by atoms with Crippen LogP contribution >= 0.6 is 0 Å². The zero-order chi connectivity index (χ0) is 14.8. The van der Waals surface area contributed by atoms with Crippen LogP contribution in [0, 0.1) is 5.92 Å². The van der Waals surface area contributed by atoms with E-state index in [-0.39, 0.29) is 5.92 Å². The van der Waals surface area contributed by atoms with Gasteiger partial charge in [0.05, 0.1) is 6.54 Å². The van der Waals surface area contributed by atoms with Crippen LogP contribution in [0.3, 0.4) is 0 Å². The number of rotatable bonds is 2. The Morgan fingerprint density at radius 3 is 2.50 bits per heavy atom. The predicted molar refractivity (Wildman–Crippen MR) is 86.8 cm³/mol. The van der Waals surface area contributed by atoms with Crippen molar-refractivity contribution in [3.05, 3.63) is 66.2 Å². The van der Waals surface area contributed by atoms with Gasteiger partial charge in [0.1, 0.15) is 17.4 Å². The van der Waals surface area contributed by atoms with Crippen molar-refractivity contribution in [1.82, 2.24) is 15.4 Å². The number of hydrogen-bond acceptors (Lipinski definition) is 4. The maximum absolute atomic E-state index is 5.73. The lowest BCUT2D eigenvalue weighted by atomic mass is 9.96. The van der Waals surface area contributed by atoms with Gasteiger partial charge in [-0.05, 0) is 12.1 Å². The highest BCUT2D eigenvalue weighted by atomic mass is 16.5. The lowest BCUT2D eigenvalue weighted by Crippen LogP contribution is -2.46. The zero-order valence-corrected chi connectivity index (χ0v) is 11.9. The lowest BCUT2D eigenvalue weighted by molar-refractivity contribution is 0.506. The summed E-state index contributed by atoms with van der Waals surface area (Å²) in [6.45, 7) is 0.710. The van der Waals surface area contributed by atoms with Gasteiger partial charge in [0, 0.05) is 5.56 Å². The molecule has 2 aromatic carbocycles. The van der Waals surface area contributed by atoms with Crippen molar-refractivity contribution in [2.24, 2.45) is 11.0 Å². The van der Waals surface area contributed by atoms with Gasteiger partial charge in [-0.3, -0.25) is 5.32 Å². The average Bonchev–Trinajstić information content (AvgIpc) is 3.00. The van der Waals surface area contributed by atoms with Gasteiger partial charge in [-0.2, -0.15) is 10.1 Å². The third kappa shape index (κ3) is 2.34. The number of amidine groups is 2. The average molecular weight is 291 g/mol. The van der Waals surface area contributed by atoms with Gasteiger partial charge in [0.2, 0.25) is 0 Å². The van der Waals surface area contributed by atoms with E-state index in [0.717, 1.165) is 22.9 Å². The van der Waals surface area contributed by atoms with Gasteiger partial charge in [-0.15, -0.1) is 5.10 Å². The largest absolute Gasteiger partial charge is 0.489 e. The quantitative estimate of drug-likeness (QED) is 0.815. The van der Waals surface area contributed by atoms with Crippen molar-refractivity contribution in [1.29, 1.82) is 0 Å². The summed E-state index contributed by atoms with van der Waals surface area (Å²) in [5.74, 6) is 1.71. The summed E-state index contributed by atoms with van der Waals surface area (Å²) < 4.78 is 10.2. The van der Waals surface area contributed by atoms with Gasteiger partial charge in [-0.1, -0.05) is 48.5 Å². The Bertz CT molecular complexity index is 777. The second-order valence-corrected chi connectivity index (χ2v) is 5.13. The Hall–Kier alpha value is -3.04. The van der Waals surface area contributed by atoms with Crippen molar-refractivity contribution in [3.8, 4) is 5.75 Å². The fourth-order valence-electron chi connectivity index (χ4n) is 2.57. The maximum atomic E-state index is 5.73. The van der Waals surface area contributed by atoms with Crippen LogP contribution in [0.1, 0.15) is 5.56 Å². The molecule has 5 nitrogen and oxygen atoms in total. The molecule has 4 rings (SSSR count). The molecular weight excluding hydrogens is 276 g/mol. The summed E-state index contributed by atoms with van der Waals surface area (Å²) in [5, 5.41) is 7.64. The number of benzene rings is 2. The van der Waals surface area contributed by atoms with Crippen molar-refractivity contribution in [2.45, 2.75) is 0 Å². The van der Waals surface area contributed by atoms with Crippen molar-refractivity contribution in [2.75, 3.05) is 6.54 Å². The molecule has 0 spiro atoms. The Kier molecular flexibility index (Phi) is 3.11. The van der Waals surface area contributed by atoms with Crippen LogP contribution in [0.15, 0.2) is 65.8 Å². The zero-order valence-electron chi connectivity index (χ0n) is 11.9. The number of hydrazone groups is 1. The highest BCUT2D eigenvalue weighted by molar-refractivity contribution is 6.18. The van der Waals surface area contributed by atoms with Crippen LogP contribution in [0.25, 0.3) is 0 Å².